The van der Waals surface area contributed by atoms with E-state index in [0.29, 0.717) is 17.7 Å². The summed E-state index contributed by atoms with van der Waals surface area (Å²) in [7, 11) is 1.70. The smallest absolute Gasteiger partial charge is 0.433 e. The molecule has 202 valence electrons. The number of aliphatic hydroxyl groups excluding tert-OH is 1. The first-order valence-electron chi connectivity index (χ1n) is 12.5. The van der Waals surface area contributed by atoms with E-state index in [9.17, 15) is 23.1 Å². The van der Waals surface area contributed by atoms with Gasteiger partial charge in [0.25, 0.3) is 0 Å². The molecule has 2 aliphatic rings. The number of benzene rings is 1. The first-order chi connectivity index (χ1) is 17.4. The lowest BCUT2D eigenvalue weighted by atomic mass is 9.72. The van der Waals surface area contributed by atoms with E-state index in [4.69, 9.17) is 4.74 Å². The minimum Gasteiger partial charge on any atom is -0.436 e. The molecule has 1 aromatic carbocycles. The van der Waals surface area contributed by atoms with Crippen LogP contribution in [0.1, 0.15) is 69.2 Å². The number of aryl methyl sites for hydroxylation is 1. The number of carbonyl (C=O) groups excluding carboxylic acids is 1. The lowest BCUT2D eigenvalue weighted by molar-refractivity contribution is -0.169. The average Bonchev–Trinajstić information content (AvgIpc) is 3.08. The van der Waals surface area contributed by atoms with Gasteiger partial charge in [0, 0.05) is 11.9 Å². The number of ether oxygens (including phenoxy) is 1. The van der Waals surface area contributed by atoms with Crippen molar-refractivity contribution >= 4 is 29.4 Å². The van der Waals surface area contributed by atoms with Crippen molar-refractivity contribution in [2.45, 2.75) is 82.0 Å². The van der Waals surface area contributed by atoms with E-state index in [1.54, 1.807) is 24.1 Å². The Bertz CT molecular complexity index is 1140. The number of nitrogens with one attached hydrogen (secondary N) is 1. The number of aromatic nitrogens is 2. The van der Waals surface area contributed by atoms with Crippen molar-refractivity contribution in [3.05, 3.63) is 47.3 Å². The predicted octanol–water partition coefficient (Wildman–Crippen LogP) is 5.95. The number of carbonyl (C=O) groups is 1. The van der Waals surface area contributed by atoms with E-state index in [1.165, 1.54) is 11.8 Å². The summed E-state index contributed by atoms with van der Waals surface area (Å²) >= 11 is 1.30. The highest BCUT2D eigenvalue weighted by Crippen LogP contribution is 2.54. The number of anilines is 2. The zero-order valence-electron chi connectivity index (χ0n) is 21.4. The van der Waals surface area contributed by atoms with Gasteiger partial charge in [-0.15, -0.1) is 0 Å². The second-order valence-electron chi connectivity index (χ2n) is 10.1. The van der Waals surface area contributed by atoms with Crippen molar-refractivity contribution in [3.63, 3.8) is 0 Å². The molecule has 0 spiro atoms. The summed E-state index contributed by atoms with van der Waals surface area (Å²) in [5.41, 5.74) is -0.341. The van der Waals surface area contributed by atoms with Gasteiger partial charge in [0.1, 0.15) is 11.9 Å². The average molecular weight is 539 g/mol. The van der Waals surface area contributed by atoms with Crippen molar-refractivity contribution in [2.24, 2.45) is 5.41 Å². The summed E-state index contributed by atoms with van der Waals surface area (Å²) in [6.07, 6.45) is 0.803. The molecule has 1 saturated carbocycles. The maximum absolute atomic E-state index is 13.3. The monoisotopic (exact) mass is 538 g/mol. The molecule has 7 nitrogen and oxygen atoms in total. The third kappa shape index (κ3) is 5.31. The minimum atomic E-state index is -4.60. The number of halogens is 3. The summed E-state index contributed by atoms with van der Waals surface area (Å²) < 4.78 is 44.6. The third-order valence-electron chi connectivity index (χ3n) is 7.65. The summed E-state index contributed by atoms with van der Waals surface area (Å²) in [6, 6.07) is 6.14. The van der Waals surface area contributed by atoms with Gasteiger partial charge in [-0.2, -0.15) is 13.2 Å². The molecule has 2 heterocycles. The quantitative estimate of drug-likeness (QED) is 0.437. The molecule has 1 saturated heterocycles. The van der Waals surface area contributed by atoms with Gasteiger partial charge in [-0.1, -0.05) is 50.1 Å². The van der Waals surface area contributed by atoms with Gasteiger partial charge in [0.2, 0.25) is 11.5 Å². The Morgan fingerprint density at radius 3 is 2.62 bits per heavy atom. The number of aliphatic hydroxyl groups is 1. The van der Waals surface area contributed by atoms with Crippen molar-refractivity contribution < 1.29 is 27.8 Å². The second-order valence-corrected chi connectivity index (χ2v) is 11.5. The van der Waals surface area contributed by atoms with Crippen LogP contribution in [0.25, 0.3) is 0 Å². The molecule has 0 amide bonds. The highest BCUT2D eigenvalue weighted by molar-refractivity contribution is 8.00. The van der Waals surface area contributed by atoms with Crippen LogP contribution < -0.4 is 5.32 Å². The molecular weight excluding hydrogens is 505 g/mol. The summed E-state index contributed by atoms with van der Waals surface area (Å²) in [4.78, 5) is 22.5. The van der Waals surface area contributed by atoms with Crippen LogP contribution in [-0.2, 0) is 20.5 Å². The summed E-state index contributed by atoms with van der Waals surface area (Å²) in [6.45, 7) is 5.71. The SMILES string of the molecule is CCC1(C(=O)OC2SC(C)(c3c(C)cccc3Nc3nccc(C(F)(F)F)n3)C(O)N2C)CCCCC1. The van der Waals surface area contributed by atoms with Gasteiger partial charge in [0.05, 0.1) is 10.2 Å². The number of nitrogens with zero attached hydrogens (tertiary/aromatic N) is 3. The van der Waals surface area contributed by atoms with E-state index < -0.39 is 33.8 Å². The zero-order valence-corrected chi connectivity index (χ0v) is 22.2. The standard InChI is InChI=1S/C26H33F3N4O3S/c1-5-25(13-7-6-8-14-25)21(35)36-23-33(4)20(34)24(3,37-23)19-16(2)10-9-11-17(19)31-22-30-15-12-18(32-22)26(27,28)29/h9-12,15,20,23,34H,5-8,13-14H2,1-4H3,(H,30,31,32). The second kappa shape index (κ2) is 10.4. The summed E-state index contributed by atoms with van der Waals surface area (Å²) in [5.74, 6) is -0.447. The van der Waals surface area contributed by atoms with E-state index in [-0.39, 0.29) is 11.9 Å². The van der Waals surface area contributed by atoms with Gasteiger partial charge in [-0.05, 0) is 63.4 Å². The number of hydrogen-bond acceptors (Lipinski definition) is 8. The number of likely N-dealkylation sites (N-methyl/N-ethyl adjacent to an activating group) is 1. The highest BCUT2D eigenvalue weighted by atomic mass is 32.2. The Balaban J connectivity index is 1.63. The van der Waals surface area contributed by atoms with E-state index in [2.05, 4.69) is 15.3 Å². The predicted molar refractivity (Wildman–Crippen MR) is 136 cm³/mol. The van der Waals surface area contributed by atoms with Crippen LogP contribution in [0.5, 0.6) is 0 Å². The largest absolute Gasteiger partial charge is 0.436 e. The molecule has 1 aliphatic heterocycles. The number of hydrogen-bond donors (Lipinski definition) is 2. The number of rotatable bonds is 6. The Morgan fingerprint density at radius 2 is 1.97 bits per heavy atom. The Labute approximate surface area is 219 Å². The van der Waals surface area contributed by atoms with Gasteiger partial charge in [0.15, 0.2) is 0 Å². The molecule has 2 aromatic rings. The fourth-order valence-corrected chi connectivity index (χ4v) is 6.94. The molecule has 0 bridgehead atoms. The van der Waals surface area contributed by atoms with Gasteiger partial charge in [-0.3, -0.25) is 4.79 Å². The van der Waals surface area contributed by atoms with Crippen LogP contribution in [0.4, 0.5) is 24.8 Å². The van der Waals surface area contributed by atoms with E-state index >= 15 is 0 Å². The first-order valence-corrected chi connectivity index (χ1v) is 13.4. The van der Waals surface area contributed by atoms with Crippen LogP contribution in [-0.4, -0.2) is 44.8 Å². The van der Waals surface area contributed by atoms with Crippen molar-refractivity contribution in [1.82, 2.24) is 14.9 Å². The first kappa shape index (κ1) is 27.7. The normalized spacial score (nSPS) is 26.2. The lowest BCUT2D eigenvalue weighted by Crippen LogP contribution is -2.43. The molecule has 11 heteroatoms. The van der Waals surface area contributed by atoms with Gasteiger partial charge >= 0.3 is 12.1 Å². The third-order valence-corrected chi connectivity index (χ3v) is 9.18. The van der Waals surface area contributed by atoms with Crippen molar-refractivity contribution in [3.8, 4) is 0 Å². The molecule has 3 atom stereocenters. The van der Waals surface area contributed by atoms with Crippen LogP contribution in [0.15, 0.2) is 30.5 Å². The molecule has 2 N–H and O–H groups in total. The van der Waals surface area contributed by atoms with Gasteiger partial charge < -0.3 is 15.2 Å². The maximum atomic E-state index is 13.3. The number of alkyl halides is 3. The fraction of sp³-hybridized carbons (Fsp3) is 0.577. The molecule has 1 aromatic heterocycles. The molecule has 2 fully saturated rings. The van der Waals surface area contributed by atoms with Crippen molar-refractivity contribution in [2.75, 3.05) is 12.4 Å². The van der Waals surface area contributed by atoms with Crippen LogP contribution in [0.3, 0.4) is 0 Å². The Kier molecular flexibility index (Phi) is 7.79. The number of esters is 1. The molecule has 37 heavy (non-hydrogen) atoms. The molecule has 1 aliphatic carbocycles. The highest BCUT2D eigenvalue weighted by Gasteiger charge is 2.53. The van der Waals surface area contributed by atoms with E-state index in [1.807, 2.05) is 26.8 Å². The number of thioether (sulfide) groups is 1. The van der Waals surface area contributed by atoms with Gasteiger partial charge in [-0.25, -0.2) is 14.9 Å². The zero-order chi connectivity index (χ0) is 27.0. The van der Waals surface area contributed by atoms with E-state index in [0.717, 1.165) is 49.9 Å². The molecular formula is C26H33F3N4O3S. The molecule has 0 radical (unpaired) electrons. The maximum Gasteiger partial charge on any atom is 0.433 e. The van der Waals surface area contributed by atoms with Crippen LogP contribution in [0.2, 0.25) is 0 Å². The minimum absolute atomic E-state index is 0.207. The molecule has 3 unspecified atom stereocenters. The fourth-order valence-electron chi connectivity index (χ4n) is 5.43. The topological polar surface area (TPSA) is 87.6 Å². The Hall–Kier alpha value is -2.37. The van der Waals surface area contributed by atoms with Crippen LogP contribution >= 0.6 is 11.8 Å². The summed E-state index contributed by atoms with van der Waals surface area (Å²) in [5, 5.41) is 14.3. The Morgan fingerprint density at radius 1 is 1.27 bits per heavy atom. The van der Waals surface area contributed by atoms with Crippen molar-refractivity contribution in [1.29, 1.82) is 0 Å². The lowest BCUT2D eigenvalue weighted by Gasteiger charge is -2.35. The van der Waals surface area contributed by atoms with Crippen LogP contribution in [0, 0.1) is 12.3 Å². The molecule has 4 rings (SSSR count).